The van der Waals surface area contributed by atoms with E-state index in [0.29, 0.717) is 0 Å². The van der Waals surface area contributed by atoms with E-state index in [9.17, 15) is 0 Å². The van der Waals surface area contributed by atoms with Gasteiger partial charge in [0.05, 0.1) is 0 Å². The van der Waals surface area contributed by atoms with E-state index in [2.05, 4.69) is 0 Å². The number of rotatable bonds is 0. The first-order valence-corrected chi connectivity index (χ1v) is 0.224. The first kappa shape index (κ1) is 24.3. The predicted molar refractivity (Wildman–Crippen MR) is 4.97 cm³/mol. The van der Waals surface area contributed by atoms with Gasteiger partial charge in [-0.2, -0.15) is 0 Å². The molecule has 0 atom stereocenters. The molecule has 0 aromatic rings. The Bertz CT molecular complexity index is 12.8. The molecule has 0 aliphatic rings. The van der Waals surface area contributed by atoms with Crippen LogP contribution in [0.2, 0.25) is 0 Å². The Labute approximate surface area is 46.0 Å². The normalized spacial score (nSPS) is 0.500. The van der Waals surface area contributed by atoms with Gasteiger partial charge in [-0.05, 0) is 0 Å². The van der Waals surface area contributed by atoms with Gasteiger partial charge in [0.15, 0.2) is 0 Å². The Morgan fingerprint density at radius 3 is 1.25 bits per heavy atom. The van der Waals surface area contributed by atoms with Gasteiger partial charge in [0.2, 0.25) is 0 Å². The third-order valence-corrected chi connectivity index (χ3v) is 0. The summed E-state index contributed by atoms with van der Waals surface area (Å²) in [7, 11) is 0. The van der Waals surface area contributed by atoms with Crippen molar-refractivity contribution in [1.82, 2.24) is 0 Å². The molecule has 1 nitrogen and oxygen atoms in total. The summed E-state index contributed by atoms with van der Waals surface area (Å²) >= 11 is 0. The Balaban J connectivity index is -0.00000000500. The molecule has 0 aromatic heterocycles. The average molecular weight is 140 g/mol. The molecule has 0 unspecified atom stereocenters. The Morgan fingerprint density at radius 1 is 1.25 bits per heavy atom. The van der Waals surface area contributed by atoms with E-state index in [1.165, 1.54) is 0 Å². The molecule has 0 saturated heterocycles. The van der Waals surface area contributed by atoms with Crippen LogP contribution in [0.3, 0.4) is 0 Å². The minimum Gasteiger partial charge on any atom is -0.512 e. The predicted octanol–water partition coefficient (Wildman–Crippen LogP) is 0.0914. The Morgan fingerprint density at radius 2 is 1.25 bits per heavy atom. The van der Waals surface area contributed by atoms with Crippen LogP contribution in [-0.4, -0.2) is 0 Å². The summed E-state index contributed by atoms with van der Waals surface area (Å²) in [5.74, 6) is 0. The fourth-order valence-electron chi connectivity index (χ4n) is 0. The van der Waals surface area contributed by atoms with E-state index in [1.54, 1.807) is 0 Å². The molecular formula is CCoMnN+3. The molecule has 0 aliphatic carbocycles. The second-order valence-electron chi connectivity index (χ2n) is 0. The van der Waals surface area contributed by atoms with Crippen LogP contribution in [0, 0.1) is 11.8 Å². The largest absolute Gasteiger partial charge is 2.00 e. The number of hydrogen-bond donors (Lipinski definition) is 0. The molecule has 0 rings (SSSR count). The quantitative estimate of drug-likeness (QED) is 0.345. The Kier molecular flexibility index (Phi) is 508. The van der Waals surface area contributed by atoms with Crippen molar-refractivity contribution in [2.75, 3.05) is 0 Å². The molecule has 3 heteroatoms. The van der Waals surface area contributed by atoms with Gasteiger partial charge < -0.3 is 11.8 Å². The van der Waals surface area contributed by atoms with Gasteiger partial charge in [-0.25, -0.2) is 0 Å². The summed E-state index contributed by atoms with van der Waals surface area (Å²) in [5.41, 5.74) is 0. The van der Waals surface area contributed by atoms with Gasteiger partial charge in [0.1, 0.15) is 0 Å². The molecule has 0 spiro atoms. The summed E-state index contributed by atoms with van der Waals surface area (Å²) in [6.45, 7) is 4.75. The van der Waals surface area contributed by atoms with Crippen molar-refractivity contribution in [1.29, 1.82) is 5.26 Å². The fourth-order valence-corrected chi connectivity index (χ4v) is 0. The van der Waals surface area contributed by atoms with Crippen molar-refractivity contribution < 1.29 is 33.8 Å². The van der Waals surface area contributed by atoms with Crippen LogP contribution in [0.15, 0.2) is 0 Å². The fraction of sp³-hybridized carbons (Fsp3) is 0. The molecule has 0 amide bonds. The minimum atomic E-state index is 0. The first-order valence-electron chi connectivity index (χ1n) is 0.224. The van der Waals surface area contributed by atoms with Crippen LogP contribution >= 0.6 is 0 Å². The second-order valence-corrected chi connectivity index (χ2v) is 0. The van der Waals surface area contributed by atoms with E-state index in [0.717, 1.165) is 0 Å². The summed E-state index contributed by atoms with van der Waals surface area (Å²) in [6, 6.07) is 0. The van der Waals surface area contributed by atoms with Crippen molar-refractivity contribution in [3.63, 3.8) is 0 Å². The molecule has 0 N–H and O–H groups in total. The summed E-state index contributed by atoms with van der Waals surface area (Å²) in [4.78, 5) is 0. The average Bonchev–Trinajstić information content (AvgIpc) is 1.00. The van der Waals surface area contributed by atoms with Crippen molar-refractivity contribution >= 4 is 0 Å². The van der Waals surface area contributed by atoms with Crippen LogP contribution in [0.25, 0.3) is 0 Å². The van der Waals surface area contributed by atoms with Crippen LogP contribution in [0.4, 0.5) is 0 Å². The zero-order valence-electron chi connectivity index (χ0n) is 1.66. The maximum atomic E-state index is 6.25. The van der Waals surface area contributed by atoms with Gasteiger partial charge in [0, 0.05) is 0 Å². The second kappa shape index (κ2) is 83.6. The molecule has 0 saturated carbocycles. The van der Waals surface area contributed by atoms with Crippen LogP contribution in [-0.2, 0) is 33.8 Å². The number of hydrogen-bond acceptors (Lipinski definition) is 1. The summed E-state index contributed by atoms with van der Waals surface area (Å²) in [5, 5.41) is 6.25. The van der Waals surface area contributed by atoms with Gasteiger partial charge in [-0.1, -0.05) is 0 Å². The van der Waals surface area contributed by atoms with Crippen molar-refractivity contribution in [3.05, 3.63) is 6.57 Å². The molecule has 22 valence electrons. The zero-order valence-corrected chi connectivity index (χ0v) is 3.88. The van der Waals surface area contributed by atoms with E-state index in [4.69, 9.17) is 11.8 Å². The van der Waals surface area contributed by atoms with Gasteiger partial charge >= 0.3 is 33.8 Å². The van der Waals surface area contributed by atoms with E-state index >= 15 is 0 Å². The van der Waals surface area contributed by atoms with Crippen molar-refractivity contribution in [2.45, 2.75) is 0 Å². The van der Waals surface area contributed by atoms with Gasteiger partial charge in [-0.3, -0.25) is 0 Å². The summed E-state index contributed by atoms with van der Waals surface area (Å²) < 4.78 is 0. The standard InChI is InChI=1S/CN.Co.Mn/c1-2;;/q-1;2*+2. The van der Waals surface area contributed by atoms with E-state index in [-0.39, 0.29) is 33.8 Å². The Hall–Kier alpha value is 0.516. The van der Waals surface area contributed by atoms with Gasteiger partial charge in [-0.15, -0.1) is 0 Å². The zero-order chi connectivity index (χ0) is 2.00. The maximum absolute atomic E-state index is 6.25. The molecular weight excluding hydrogens is 140 g/mol. The molecule has 0 bridgehead atoms. The van der Waals surface area contributed by atoms with Crippen LogP contribution < -0.4 is 0 Å². The maximum Gasteiger partial charge on any atom is 2.00 e. The molecule has 0 aliphatic heterocycles. The summed E-state index contributed by atoms with van der Waals surface area (Å²) in [6.07, 6.45) is 0. The van der Waals surface area contributed by atoms with Gasteiger partial charge in [0.25, 0.3) is 0 Å². The third-order valence-electron chi connectivity index (χ3n) is 0. The van der Waals surface area contributed by atoms with E-state index in [1.807, 2.05) is 0 Å². The minimum absolute atomic E-state index is 0. The smallest absolute Gasteiger partial charge is 0.512 e. The van der Waals surface area contributed by atoms with E-state index < -0.39 is 0 Å². The first-order chi connectivity index (χ1) is 1.00. The molecule has 0 fully saturated rings. The van der Waals surface area contributed by atoms with Crippen molar-refractivity contribution in [3.8, 4) is 0 Å². The molecule has 0 heterocycles. The molecule has 2 radical (unpaired) electrons. The van der Waals surface area contributed by atoms with Crippen LogP contribution in [0.1, 0.15) is 0 Å². The monoisotopic (exact) mass is 140 g/mol. The number of nitrogens with zero attached hydrogens (tertiary/aromatic N) is 1. The molecule has 0 aromatic carbocycles. The van der Waals surface area contributed by atoms with Crippen molar-refractivity contribution in [2.24, 2.45) is 0 Å². The third kappa shape index (κ3) is 21.7. The topological polar surface area (TPSA) is 23.8 Å². The van der Waals surface area contributed by atoms with Crippen LogP contribution in [0.5, 0.6) is 0 Å². The molecule has 4 heavy (non-hydrogen) atoms. The SMILES string of the molecule is [C-]#N.[Co+2].[Mn+2].